The third kappa shape index (κ3) is 3.02. The summed E-state index contributed by atoms with van der Waals surface area (Å²) in [7, 11) is 0. The average Bonchev–Trinajstić information content (AvgIpc) is 2.76. The highest BCUT2D eigenvalue weighted by Gasteiger charge is 2.26. The van der Waals surface area contributed by atoms with E-state index >= 15 is 0 Å². The van der Waals surface area contributed by atoms with Crippen LogP contribution in [-0.2, 0) is 12.0 Å². The topological polar surface area (TPSA) is 55.1 Å². The molecule has 4 nitrogen and oxygen atoms in total. The van der Waals surface area contributed by atoms with Crippen molar-refractivity contribution < 1.29 is 9.90 Å². The molecule has 2 aromatic rings. The molecule has 5 heteroatoms. The number of carbonyl (C=O) groups is 1. The van der Waals surface area contributed by atoms with E-state index in [9.17, 15) is 9.90 Å². The van der Waals surface area contributed by atoms with Crippen LogP contribution < -0.4 is 0 Å². The van der Waals surface area contributed by atoms with Gasteiger partial charge in [-0.3, -0.25) is 4.68 Å². The molecular weight excluding hydrogens is 276 g/mol. The Labute approximate surface area is 123 Å². The predicted molar refractivity (Wildman–Crippen MR) is 78.4 cm³/mol. The molecule has 0 unspecified atom stereocenters. The van der Waals surface area contributed by atoms with Gasteiger partial charge in [-0.15, -0.1) is 0 Å². The molecule has 2 rings (SSSR count). The SMILES string of the molecule is CC(C)(C)c1nn(Cc2ccccc2Cl)cc1C(=O)O. The molecule has 0 aliphatic rings. The second-order valence-corrected chi connectivity index (χ2v) is 6.14. The first kappa shape index (κ1) is 14.6. The van der Waals surface area contributed by atoms with Crippen molar-refractivity contribution in [3.05, 3.63) is 52.3 Å². The minimum absolute atomic E-state index is 0.240. The molecule has 0 aliphatic carbocycles. The summed E-state index contributed by atoms with van der Waals surface area (Å²) in [4.78, 5) is 11.3. The molecule has 1 N–H and O–H groups in total. The zero-order valence-corrected chi connectivity index (χ0v) is 12.5. The summed E-state index contributed by atoms with van der Waals surface area (Å²) in [5.74, 6) is -0.958. The highest BCUT2D eigenvalue weighted by molar-refractivity contribution is 6.31. The molecule has 0 radical (unpaired) electrons. The molecule has 1 aromatic heterocycles. The maximum absolute atomic E-state index is 11.3. The summed E-state index contributed by atoms with van der Waals surface area (Å²) in [6, 6.07) is 7.47. The summed E-state index contributed by atoms with van der Waals surface area (Å²) in [5.41, 5.74) is 1.41. The first-order chi connectivity index (χ1) is 9.29. The van der Waals surface area contributed by atoms with Gasteiger partial charge in [0.15, 0.2) is 0 Å². The Morgan fingerprint density at radius 1 is 1.35 bits per heavy atom. The number of rotatable bonds is 3. The van der Waals surface area contributed by atoms with Crippen LogP contribution >= 0.6 is 11.6 Å². The molecule has 0 amide bonds. The van der Waals surface area contributed by atoms with E-state index < -0.39 is 5.97 Å². The zero-order valence-electron chi connectivity index (χ0n) is 11.7. The van der Waals surface area contributed by atoms with Gasteiger partial charge in [0.05, 0.1) is 12.2 Å². The molecule has 20 heavy (non-hydrogen) atoms. The van der Waals surface area contributed by atoms with E-state index in [0.29, 0.717) is 17.3 Å². The maximum atomic E-state index is 11.3. The van der Waals surface area contributed by atoms with Crippen LogP contribution in [0.15, 0.2) is 30.5 Å². The lowest BCUT2D eigenvalue weighted by Gasteiger charge is -2.16. The van der Waals surface area contributed by atoms with Gasteiger partial charge in [0, 0.05) is 16.6 Å². The predicted octanol–water partition coefficient (Wildman–Crippen LogP) is 3.58. The summed E-state index contributed by atoms with van der Waals surface area (Å²) in [6.07, 6.45) is 1.56. The smallest absolute Gasteiger partial charge is 0.339 e. The van der Waals surface area contributed by atoms with Crippen LogP contribution in [0, 0.1) is 0 Å². The molecule has 0 aliphatic heterocycles. The van der Waals surface area contributed by atoms with Gasteiger partial charge in [-0.2, -0.15) is 5.10 Å². The van der Waals surface area contributed by atoms with E-state index in [0.717, 1.165) is 5.56 Å². The Bertz CT molecular complexity index is 642. The van der Waals surface area contributed by atoms with Crippen molar-refractivity contribution in [2.75, 3.05) is 0 Å². The summed E-state index contributed by atoms with van der Waals surface area (Å²) >= 11 is 6.12. The fourth-order valence-corrected chi connectivity index (χ4v) is 2.21. The number of hydrogen-bond donors (Lipinski definition) is 1. The van der Waals surface area contributed by atoms with Gasteiger partial charge >= 0.3 is 5.97 Å². The quantitative estimate of drug-likeness (QED) is 0.941. The van der Waals surface area contributed by atoms with E-state index in [1.165, 1.54) is 0 Å². The number of aromatic nitrogens is 2. The summed E-state index contributed by atoms with van der Waals surface area (Å²) in [6.45, 7) is 6.29. The summed E-state index contributed by atoms with van der Waals surface area (Å²) < 4.78 is 1.63. The van der Waals surface area contributed by atoms with Crippen LogP contribution in [0.5, 0.6) is 0 Å². The molecule has 1 aromatic carbocycles. The molecule has 0 spiro atoms. The molecular formula is C15H17ClN2O2. The highest BCUT2D eigenvalue weighted by Crippen LogP contribution is 2.25. The van der Waals surface area contributed by atoms with Crippen LogP contribution in [0.1, 0.15) is 42.4 Å². The van der Waals surface area contributed by atoms with Crippen LogP contribution in [0.3, 0.4) is 0 Å². The molecule has 1 heterocycles. The average molecular weight is 293 g/mol. The Morgan fingerprint density at radius 2 is 2.00 bits per heavy atom. The lowest BCUT2D eigenvalue weighted by molar-refractivity contribution is 0.0694. The highest BCUT2D eigenvalue weighted by atomic mass is 35.5. The molecule has 0 fully saturated rings. The Hall–Kier alpha value is -1.81. The Kier molecular flexibility index (Phi) is 3.86. The lowest BCUT2D eigenvalue weighted by atomic mass is 9.90. The molecule has 0 bridgehead atoms. The largest absolute Gasteiger partial charge is 0.478 e. The van der Waals surface area contributed by atoms with Crippen LogP contribution in [-0.4, -0.2) is 20.9 Å². The minimum Gasteiger partial charge on any atom is -0.478 e. The Morgan fingerprint density at radius 3 is 2.50 bits per heavy atom. The first-order valence-electron chi connectivity index (χ1n) is 6.33. The van der Waals surface area contributed by atoms with Gasteiger partial charge in [-0.05, 0) is 11.6 Å². The van der Waals surface area contributed by atoms with Crippen molar-refractivity contribution in [3.8, 4) is 0 Å². The number of aromatic carboxylic acids is 1. The van der Waals surface area contributed by atoms with Crippen LogP contribution in [0.25, 0.3) is 0 Å². The molecule has 0 atom stereocenters. The van der Waals surface area contributed by atoms with Crippen molar-refractivity contribution >= 4 is 17.6 Å². The monoisotopic (exact) mass is 292 g/mol. The van der Waals surface area contributed by atoms with E-state index in [1.54, 1.807) is 10.9 Å². The number of hydrogen-bond acceptors (Lipinski definition) is 2. The maximum Gasteiger partial charge on any atom is 0.339 e. The minimum atomic E-state index is -0.958. The molecule has 106 valence electrons. The second-order valence-electron chi connectivity index (χ2n) is 5.74. The normalized spacial score (nSPS) is 11.6. The van der Waals surface area contributed by atoms with Gasteiger partial charge in [0.2, 0.25) is 0 Å². The number of nitrogens with zero attached hydrogens (tertiary/aromatic N) is 2. The van der Waals surface area contributed by atoms with Gasteiger partial charge < -0.3 is 5.11 Å². The zero-order chi connectivity index (χ0) is 14.9. The van der Waals surface area contributed by atoms with Crippen LogP contribution in [0.2, 0.25) is 5.02 Å². The van der Waals surface area contributed by atoms with Gasteiger partial charge in [0.1, 0.15) is 5.56 Å². The van der Waals surface area contributed by atoms with Crippen LogP contribution in [0.4, 0.5) is 0 Å². The third-order valence-electron chi connectivity index (χ3n) is 2.99. The molecule has 0 saturated heterocycles. The molecule has 0 saturated carbocycles. The van der Waals surface area contributed by atoms with Gasteiger partial charge in [0.25, 0.3) is 0 Å². The van der Waals surface area contributed by atoms with E-state index in [4.69, 9.17) is 11.6 Å². The standard InChI is InChI=1S/C15H17ClN2O2/c1-15(2,3)13-11(14(19)20)9-18(17-13)8-10-6-4-5-7-12(10)16/h4-7,9H,8H2,1-3H3,(H,19,20). The van der Waals surface area contributed by atoms with Gasteiger partial charge in [-0.1, -0.05) is 50.6 Å². The first-order valence-corrected chi connectivity index (χ1v) is 6.71. The third-order valence-corrected chi connectivity index (χ3v) is 3.36. The number of halogens is 1. The second kappa shape index (κ2) is 5.29. The van der Waals surface area contributed by atoms with E-state index in [-0.39, 0.29) is 11.0 Å². The van der Waals surface area contributed by atoms with Crippen molar-refractivity contribution in [1.29, 1.82) is 0 Å². The lowest BCUT2D eigenvalue weighted by Crippen LogP contribution is -2.16. The van der Waals surface area contributed by atoms with Crippen molar-refractivity contribution in [2.45, 2.75) is 32.7 Å². The van der Waals surface area contributed by atoms with E-state index in [2.05, 4.69) is 5.10 Å². The Balaban J connectivity index is 2.40. The number of benzene rings is 1. The fraction of sp³-hybridized carbons (Fsp3) is 0.333. The summed E-state index contributed by atoms with van der Waals surface area (Å²) in [5, 5.41) is 14.4. The van der Waals surface area contributed by atoms with Crippen molar-refractivity contribution in [2.24, 2.45) is 0 Å². The number of carboxylic acid groups (broad SMARTS) is 1. The van der Waals surface area contributed by atoms with E-state index in [1.807, 2.05) is 45.0 Å². The van der Waals surface area contributed by atoms with Crippen molar-refractivity contribution in [1.82, 2.24) is 9.78 Å². The fourth-order valence-electron chi connectivity index (χ4n) is 2.01. The number of carboxylic acids is 1. The van der Waals surface area contributed by atoms with Gasteiger partial charge in [-0.25, -0.2) is 4.79 Å². The van der Waals surface area contributed by atoms with Crippen molar-refractivity contribution in [3.63, 3.8) is 0 Å².